The van der Waals surface area contributed by atoms with Gasteiger partial charge in [-0.25, -0.2) is 0 Å². The lowest BCUT2D eigenvalue weighted by Crippen LogP contribution is -2.32. The molecule has 4 rings (SSSR count). The summed E-state index contributed by atoms with van der Waals surface area (Å²) >= 11 is 0. The van der Waals surface area contributed by atoms with Crippen molar-refractivity contribution >= 4 is 11.8 Å². The van der Waals surface area contributed by atoms with E-state index in [1.807, 2.05) is 18.2 Å². The molecule has 1 aliphatic heterocycles. The van der Waals surface area contributed by atoms with Gasteiger partial charge in [-0.2, -0.15) is 0 Å². The van der Waals surface area contributed by atoms with Gasteiger partial charge in [0.2, 0.25) is 0 Å². The number of amides is 2. The number of carbonyl (C=O) groups is 2. The predicted octanol–water partition coefficient (Wildman–Crippen LogP) is 3.29. The number of benzene rings is 2. The largest absolute Gasteiger partial charge is 0.285 e. The summed E-state index contributed by atoms with van der Waals surface area (Å²) in [6.07, 6.45) is 2.57. The van der Waals surface area contributed by atoms with Crippen LogP contribution in [0, 0.1) is 0 Å². The molecule has 1 aliphatic carbocycles. The van der Waals surface area contributed by atoms with Crippen LogP contribution in [0.25, 0.3) is 0 Å². The monoisotopic (exact) mass is 293 g/mol. The summed E-state index contributed by atoms with van der Waals surface area (Å²) < 4.78 is 0. The molecule has 1 unspecified atom stereocenters. The average Bonchev–Trinajstić information content (AvgIpc) is 2.81. The fraction of sp³-hybridized carbons (Fsp3) is 0.222. The van der Waals surface area contributed by atoms with Crippen molar-refractivity contribution < 1.29 is 14.4 Å². The Morgan fingerprint density at radius 3 is 2.27 bits per heavy atom. The topological polar surface area (TPSA) is 46.6 Å². The molecule has 1 atom stereocenters. The average molecular weight is 293 g/mol. The van der Waals surface area contributed by atoms with Gasteiger partial charge >= 0.3 is 0 Å². The third-order valence-corrected chi connectivity index (χ3v) is 4.30. The molecule has 0 bridgehead atoms. The third-order valence-electron chi connectivity index (χ3n) is 4.30. The first-order chi connectivity index (χ1) is 10.8. The van der Waals surface area contributed by atoms with E-state index in [2.05, 4.69) is 6.07 Å². The minimum Gasteiger partial charge on any atom is -0.266 e. The lowest BCUT2D eigenvalue weighted by Gasteiger charge is -2.27. The number of hydroxylamine groups is 2. The molecule has 0 aromatic heterocycles. The van der Waals surface area contributed by atoms with Crippen LogP contribution in [0.5, 0.6) is 0 Å². The van der Waals surface area contributed by atoms with E-state index in [0.717, 1.165) is 29.9 Å². The number of hydrogen-bond donors (Lipinski definition) is 0. The molecule has 110 valence electrons. The summed E-state index contributed by atoms with van der Waals surface area (Å²) in [5, 5.41) is 0.928. The van der Waals surface area contributed by atoms with Crippen LogP contribution >= 0.6 is 0 Å². The third kappa shape index (κ3) is 1.96. The van der Waals surface area contributed by atoms with E-state index >= 15 is 0 Å². The van der Waals surface area contributed by atoms with E-state index in [1.165, 1.54) is 5.56 Å². The minimum atomic E-state index is -0.372. The van der Waals surface area contributed by atoms with Crippen molar-refractivity contribution in [3.05, 3.63) is 70.8 Å². The summed E-state index contributed by atoms with van der Waals surface area (Å²) in [4.78, 5) is 30.6. The van der Waals surface area contributed by atoms with E-state index in [1.54, 1.807) is 24.3 Å². The summed E-state index contributed by atoms with van der Waals surface area (Å²) in [7, 11) is 0. The van der Waals surface area contributed by atoms with Crippen molar-refractivity contribution in [3.63, 3.8) is 0 Å². The van der Waals surface area contributed by atoms with Crippen LogP contribution in [0.2, 0.25) is 0 Å². The molecular weight excluding hydrogens is 278 g/mol. The standard InChI is InChI=1S/C18H15NO3/c20-17-14-9-3-4-10-15(14)18(21)19(17)22-16-11-5-7-12-6-1-2-8-13(12)16/h1-4,6,8-10,16H,5,7,11H2. The van der Waals surface area contributed by atoms with E-state index in [-0.39, 0.29) is 17.9 Å². The van der Waals surface area contributed by atoms with E-state index < -0.39 is 0 Å². The highest BCUT2D eigenvalue weighted by molar-refractivity contribution is 6.20. The van der Waals surface area contributed by atoms with Gasteiger partial charge < -0.3 is 0 Å². The highest BCUT2D eigenvalue weighted by Crippen LogP contribution is 2.35. The number of imide groups is 1. The molecule has 2 amide bonds. The van der Waals surface area contributed by atoms with Crippen molar-refractivity contribution in [2.24, 2.45) is 0 Å². The molecule has 0 fully saturated rings. The van der Waals surface area contributed by atoms with Gasteiger partial charge in [0.25, 0.3) is 11.8 Å². The Hall–Kier alpha value is -2.46. The molecule has 0 saturated carbocycles. The number of nitrogens with zero attached hydrogens (tertiary/aromatic N) is 1. The highest BCUT2D eigenvalue weighted by atomic mass is 16.7. The van der Waals surface area contributed by atoms with Gasteiger partial charge in [-0.05, 0) is 42.5 Å². The molecule has 0 saturated heterocycles. The number of carbonyl (C=O) groups excluding carboxylic acids is 2. The number of hydrogen-bond acceptors (Lipinski definition) is 3. The van der Waals surface area contributed by atoms with Crippen molar-refractivity contribution in [1.82, 2.24) is 5.06 Å². The maximum atomic E-state index is 12.4. The van der Waals surface area contributed by atoms with Gasteiger partial charge in [0.05, 0.1) is 11.1 Å². The first-order valence-corrected chi connectivity index (χ1v) is 7.48. The fourth-order valence-corrected chi connectivity index (χ4v) is 3.21. The van der Waals surface area contributed by atoms with Gasteiger partial charge in [0.15, 0.2) is 0 Å². The zero-order valence-electron chi connectivity index (χ0n) is 12.0. The normalized spacial score (nSPS) is 20.0. The Bertz CT molecular complexity index is 733. The lowest BCUT2D eigenvalue weighted by atomic mass is 9.90. The van der Waals surface area contributed by atoms with Crippen LogP contribution < -0.4 is 0 Å². The van der Waals surface area contributed by atoms with Crippen LogP contribution in [0.15, 0.2) is 48.5 Å². The first kappa shape index (κ1) is 13.2. The zero-order valence-corrected chi connectivity index (χ0v) is 12.0. The summed E-state index contributed by atoms with van der Waals surface area (Å²) in [5.74, 6) is -0.743. The second kappa shape index (κ2) is 5.07. The first-order valence-electron chi connectivity index (χ1n) is 7.48. The van der Waals surface area contributed by atoms with Crippen LogP contribution in [0.3, 0.4) is 0 Å². The number of fused-ring (bicyclic) bond motifs is 2. The van der Waals surface area contributed by atoms with Crippen molar-refractivity contribution in [2.75, 3.05) is 0 Å². The molecule has 2 aromatic rings. The molecule has 22 heavy (non-hydrogen) atoms. The Balaban J connectivity index is 1.64. The Labute approximate surface area is 128 Å². The Kier molecular flexibility index (Phi) is 3.05. The number of rotatable bonds is 2. The summed E-state index contributed by atoms with van der Waals surface area (Å²) in [6.45, 7) is 0. The van der Waals surface area contributed by atoms with Crippen molar-refractivity contribution in [2.45, 2.75) is 25.4 Å². The molecular formula is C18H15NO3. The number of aryl methyl sites for hydroxylation is 1. The van der Waals surface area contributed by atoms with Crippen molar-refractivity contribution in [1.29, 1.82) is 0 Å². The Morgan fingerprint density at radius 1 is 0.909 bits per heavy atom. The van der Waals surface area contributed by atoms with E-state index in [9.17, 15) is 9.59 Å². The zero-order chi connectivity index (χ0) is 15.1. The molecule has 1 heterocycles. The lowest BCUT2D eigenvalue weighted by molar-refractivity contribution is -0.138. The van der Waals surface area contributed by atoms with Crippen LogP contribution in [0.4, 0.5) is 0 Å². The second-order valence-electron chi connectivity index (χ2n) is 5.64. The molecule has 0 N–H and O–H groups in total. The minimum absolute atomic E-state index is 0.243. The van der Waals surface area contributed by atoms with Gasteiger partial charge in [-0.15, -0.1) is 5.06 Å². The van der Waals surface area contributed by atoms with Crippen molar-refractivity contribution in [3.8, 4) is 0 Å². The van der Waals surface area contributed by atoms with Crippen LogP contribution in [0.1, 0.15) is 50.8 Å². The van der Waals surface area contributed by atoms with E-state index in [0.29, 0.717) is 11.1 Å². The summed E-state index contributed by atoms with van der Waals surface area (Å²) in [6, 6.07) is 14.9. The second-order valence-corrected chi connectivity index (χ2v) is 5.64. The molecule has 4 nitrogen and oxygen atoms in total. The van der Waals surface area contributed by atoms with E-state index in [4.69, 9.17) is 4.84 Å². The SMILES string of the molecule is O=C1c2ccccc2C(=O)N1OC1CCCc2ccccc21. The quantitative estimate of drug-likeness (QED) is 0.798. The highest BCUT2D eigenvalue weighted by Gasteiger charge is 2.38. The maximum Gasteiger partial charge on any atom is 0.285 e. The molecule has 0 spiro atoms. The fourth-order valence-electron chi connectivity index (χ4n) is 3.21. The molecule has 4 heteroatoms. The van der Waals surface area contributed by atoms with Gasteiger partial charge in [0, 0.05) is 0 Å². The Morgan fingerprint density at radius 2 is 1.55 bits per heavy atom. The summed E-state index contributed by atoms with van der Waals surface area (Å²) in [5.41, 5.74) is 3.13. The van der Waals surface area contributed by atoms with Gasteiger partial charge in [-0.1, -0.05) is 36.4 Å². The molecule has 0 radical (unpaired) electrons. The smallest absolute Gasteiger partial charge is 0.266 e. The molecule has 2 aliphatic rings. The molecule has 2 aromatic carbocycles. The maximum absolute atomic E-state index is 12.4. The predicted molar refractivity (Wildman–Crippen MR) is 80.1 cm³/mol. The van der Waals surface area contributed by atoms with Gasteiger partial charge in [-0.3, -0.25) is 14.4 Å². The van der Waals surface area contributed by atoms with Crippen LogP contribution in [-0.4, -0.2) is 16.9 Å². The van der Waals surface area contributed by atoms with Crippen LogP contribution in [-0.2, 0) is 11.3 Å². The van der Waals surface area contributed by atoms with Gasteiger partial charge in [0.1, 0.15) is 6.10 Å².